The summed E-state index contributed by atoms with van der Waals surface area (Å²) in [5.74, 6) is -0.296. The summed E-state index contributed by atoms with van der Waals surface area (Å²) in [6, 6.07) is 13.8. The number of carbonyl (C=O) groups excluding carboxylic acids is 2. The van der Waals surface area contributed by atoms with Gasteiger partial charge in [-0.3, -0.25) is 20.4 Å². The molecule has 6 nitrogen and oxygen atoms in total. The molecule has 0 atom stereocenters. The zero-order valence-corrected chi connectivity index (χ0v) is 14.3. The highest BCUT2D eigenvalue weighted by Crippen LogP contribution is 2.16. The molecule has 0 spiro atoms. The van der Waals surface area contributed by atoms with Crippen LogP contribution in [0, 0.1) is 0 Å². The lowest BCUT2D eigenvalue weighted by Gasteiger charge is -2.12. The molecule has 2 aromatic rings. The SMILES string of the molecule is C=C(NNC(=O)c1ccc(Br)cc1)c1ccc(OCC(N)=O)cc1. The monoisotopic (exact) mass is 389 g/mol. The largest absolute Gasteiger partial charge is 0.484 e. The Bertz CT molecular complexity index is 743. The van der Waals surface area contributed by atoms with Crippen LogP contribution in [0.1, 0.15) is 15.9 Å². The second-order valence-corrected chi connectivity index (χ2v) is 5.76. The number of nitrogens with two attached hydrogens (primary N) is 1. The first kappa shape index (κ1) is 17.6. The number of ether oxygens (including phenoxy) is 1. The van der Waals surface area contributed by atoms with Crippen LogP contribution in [0.5, 0.6) is 5.75 Å². The fraction of sp³-hybridized carbons (Fsp3) is 0.0588. The molecule has 2 aromatic carbocycles. The van der Waals surface area contributed by atoms with Gasteiger partial charge < -0.3 is 10.5 Å². The molecule has 0 fully saturated rings. The molecule has 0 bridgehead atoms. The van der Waals surface area contributed by atoms with E-state index < -0.39 is 5.91 Å². The molecule has 2 amide bonds. The summed E-state index contributed by atoms with van der Waals surface area (Å²) in [6.07, 6.45) is 0. The van der Waals surface area contributed by atoms with Gasteiger partial charge in [0.15, 0.2) is 6.61 Å². The van der Waals surface area contributed by atoms with Gasteiger partial charge in [-0.2, -0.15) is 0 Å². The lowest BCUT2D eigenvalue weighted by atomic mass is 10.2. The van der Waals surface area contributed by atoms with Crippen molar-refractivity contribution >= 4 is 33.4 Å². The van der Waals surface area contributed by atoms with Crippen LogP contribution in [-0.4, -0.2) is 18.4 Å². The molecule has 124 valence electrons. The highest BCUT2D eigenvalue weighted by Gasteiger charge is 2.06. The van der Waals surface area contributed by atoms with Gasteiger partial charge in [0.2, 0.25) is 0 Å². The fourth-order valence-electron chi connectivity index (χ4n) is 1.78. The minimum Gasteiger partial charge on any atom is -0.484 e. The number of hydrogen-bond donors (Lipinski definition) is 3. The van der Waals surface area contributed by atoms with Gasteiger partial charge in [-0.15, -0.1) is 0 Å². The number of primary amides is 1. The van der Waals surface area contributed by atoms with E-state index in [9.17, 15) is 9.59 Å². The quantitative estimate of drug-likeness (QED) is 0.632. The second-order valence-electron chi connectivity index (χ2n) is 4.84. The van der Waals surface area contributed by atoms with E-state index in [1.165, 1.54) is 0 Å². The summed E-state index contributed by atoms with van der Waals surface area (Å²) in [5, 5.41) is 0. The van der Waals surface area contributed by atoms with Gasteiger partial charge in [-0.05, 0) is 54.1 Å². The Balaban J connectivity index is 1.89. The molecule has 0 heterocycles. The molecule has 0 aliphatic heterocycles. The highest BCUT2D eigenvalue weighted by atomic mass is 79.9. The predicted molar refractivity (Wildman–Crippen MR) is 94.9 cm³/mol. The third kappa shape index (κ3) is 5.13. The molecule has 7 heteroatoms. The van der Waals surface area contributed by atoms with Gasteiger partial charge >= 0.3 is 0 Å². The van der Waals surface area contributed by atoms with Crippen LogP contribution in [0.4, 0.5) is 0 Å². The van der Waals surface area contributed by atoms with Crippen molar-refractivity contribution in [2.24, 2.45) is 5.73 Å². The lowest BCUT2D eigenvalue weighted by Crippen LogP contribution is -2.35. The zero-order valence-electron chi connectivity index (χ0n) is 12.7. The smallest absolute Gasteiger partial charge is 0.269 e. The standard InChI is InChI=1S/C17H16BrN3O3/c1-11(12-4-8-15(9-5-12)24-10-16(19)22)20-21-17(23)13-2-6-14(18)7-3-13/h2-9,20H,1,10H2,(H2,19,22)(H,21,23). The van der Waals surface area contributed by atoms with E-state index in [0.29, 0.717) is 17.0 Å². The summed E-state index contributed by atoms with van der Waals surface area (Å²) >= 11 is 3.31. The van der Waals surface area contributed by atoms with Gasteiger partial charge in [0.25, 0.3) is 11.8 Å². The van der Waals surface area contributed by atoms with Gasteiger partial charge in [0.1, 0.15) is 5.75 Å². The van der Waals surface area contributed by atoms with Gasteiger partial charge in [0, 0.05) is 10.0 Å². The van der Waals surface area contributed by atoms with Crippen LogP contribution >= 0.6 is 15.9 Å². The van der Waals surface area contributed by atoms with Crippen LogP contribution in [-0.2, 0) is 4.79 Å². The third-order valence-electron chi connectivity index (χ3n) is 3.02. The average molecular weight is 390 g/mol. The number of benzene rings is 2. The van der Waals surface area contributed by atoms with Gasteiger partial charge in [-0.25, -0.2) is 0 Å². The molecular weight excluding hydrogens is 374 g/mol. The van der Waals surface area contributed by atoms with Crippen molar-refractivity contribution in [1.29, 1.82) is 0 Å². The number of hydrogen-bond acceptors (Lipinski definition) is 4. The molecular formula is C17H16BrN3O3. The summed E-state index contributed by atoms with van der Waals surface area (Å²) in [7, 11) is 0. The number of halogens is 1. The van der Waals surface area contributed by atoms with Crippen LogP contribution in [0.3, 0.4) is 0 Å². The van der Waals surface area contributed by atoms with Crippen molar-refractivity contribution in [3.05, 3.63) is 70.7 Å². The number of nitrogens with one attached hydrogen (secondary N) is 2. The minimum atomic E-state index is -0.541. The maximum absolute atomic E-state index is 12.0. The molecule has 2 rings (SSSR count). The van der Waals surface area contributed by atoms with Crippen molar-refractivity contribution in [1.82, 2.24) is 10.9 Å². The van der Waals surface area contributed by atoms with Gasteiger partial charge in [-0.1, -0.05) is 22.5 Å². The number of hydrazine groups is 1. The Morgan fingerprint density at radius 3 is 2.17 bits per heavy atom. The molecule has 24 heavy (non-hydrogen) atoms. The van der Waals surface area contributed by atoms with E-state index in [1.54, 1.807) is 48.5 Å². The number of amides is 2. The first-order valence-corrected chi connectivity index (χ1v) is 7.77. The summed E-state index contributed by atoms with van der Waals surface area (Å²) in [4.78, 5) is 22.7. The fourth-order valence-corrected chi connectivity index (χ4v) is 2.05. The molecule has 0 radical (unpaired) electrons. The molecule has 0 saturated heterocycles. The topological polar surface area (TPSA) is 93.4 Å². The van der Waals surface area contributed by atoms with Crippen LogP contribution in [0.25, 0.3) is 5.70 Å². The van der Waals surface area contributed by atoms with E-state index >= 15 is 0 Å². The van der Waals surface area contributed by atoms with Crippen molar-refractivity contribution in [3.8, 4) is 5.75 Å². The second kappa shape index (κ2) is 8.16. The Morgan fingerprint density at radius 2 is 1.58 bits per heavy atom. The van der Waals surface area contributed by atoms with E-state index in [0.717, 1.165) is 10.0 Å². The Kier molecular flexibility index (Phi) is 5.97. The normalized spacial score (nSPS) is 9.88. The first-order valence-electron chi connectivity index (χ1n) is 6.98. The van der Waals surface area contributed by atoms with Crippen LogP contribution in [0.15, 0.2) is 59.6 Å². The summed E-state index contributed by atoms with van der Waals surface area (Å²) < 4.78 is 6.07. The van der Waals surface area contributed by atoms with Gasteiger partial charge in [0.05, 0.1) is 5.70 Å². The van der Waals surface area contributed by atoms with Crippen molar-refractivity contribution in [3.63, 3.8) is 0 Å². The van der Waals surface area contributed by atoms with Crippen LogP contribution < -0.4 is 21.3 Å². The molecule has 0 aromatic heterocycles. The van der Waals surface area contributed by atoms with Crippen molar-refractivity contribution in [2.45, 2.75) is 0 Å². The maximum atomic E-state index is 12.0. The van der Waals surface area contributed by atoms with E-state index in [4.69, 9.17) is 10.5 Å². The minimum absolute atomic E-state index is 0.179. The maximum Gasteiger partial charge on any atom is 0.269 e. The molecule has 0 aliphatic rings. The Morgan fingerprint density at radius 1 is 1.00 bits per heavy atom. The Hall–Kier alpha value is -2.80. The van der Waals surface area contributed by atoms with Crippen LogP contribution in [0.2, 0.25) is 0 Å². The summed E-state index contributed by atoms with van der Waals surface area (Å²) in [5.41, 5.74) is 12.1. The first-order chi connectivity index (χ1) is 11.5. The molecule has 0 unspecified atom stereocenters. The Labute approximate surface area is 147 Å². The molecule has 0 aliphatic carbocycles. The zero-order chi connectivity index (χ0) is 17.5. The molecule has 0 saturated carbocycles. The average Bonchev–Trinajstić information content (AvgIpc) is 2.58. The number of rotatable bonds is 7. The summed E-state index contributed by atoms with van der Waals surface area (Å²) in [6.45, 7) is 3.68. The van der Waals surface area contributed by atoms with E-state index in [2.05, 4.69) is 33.4 Å². The van der Waals surface area contributed by atoms with Crippen molar-refractivity contribution in [2.75, 3.05) is 6.61 Å². The lowest BCUT2D eigenvalue weighted by molar-refractivity contribution is -0.119. The predicted octanol–water partition coefficient (Wildman–Crippen LogP) is 2.22. The van der Waals surface area contributed by atoms with Crippen molar-refractivity contribution < 1.29 is 14.3 Å². The van der Waals surface area contributed by atoms with E-state index in [-0.39, 0.29) is 12.5 Å². The third-order valence-corrected chi connectivity index (χ3v) is 3.55. The highest BCUT2D eigenvalue weighted by molar-refractivity contribution is 9.10. The number of carbonyl (C=O) groups is 2. The molecule has 4 N–H and O–H groups in total. The van der Waals surface area contributed by atoms with E-state index in [1.807, 2.05) is 0 Å².